The number of benzene rings is 2. The van der Waals surface area contributed by atoms with Crippen LogP contribution in [0.1, 0.15) is 30.5 Å². The van der Waals surface area contributed by atoms with E-state index in [0.717, 1.165) is 40.0 Å². The zero-order valence-corrected chi connectivity index (χ0v) is 14.9. The van der Waals surface area contributed by atoms with Crippen LogP contribution in [-0.4, -0.2) is 22.9 Å². The second kappa shape index (κ2) is 6.20. The predicted molar refractivity (Wildman–Crippen MR) is 107 cm³/mol. The topological polar surface area (TPSA) is 63.3 Å². The molecule has 4 nitrogen and oxygen atoms in total. The Morgan fingerprint density at radius 3 is 2.54 bits per heavy atom. The molecule has 0 saturated carbocycles. The molecule has 0 spiro atoms. The molecule has 3 aromatic rings. The van der Waals surface area contributed by atoms with E-state index in [1.807, 2.05) is 42.5 Å². The molecule has 1 aliphatic rings. The highest BCUT2D eigenvalue weighted by Crippen LogP contribution is 2.19. The molecule has 0 amide bonds. The summed E-state index contributed by atoms with van der Waals surface area (Å²) in [5.74, 6) is 7.88. The van der Waals surface area contributed by atoms with Gasteiger partial charge in [0.15, 0.2) is 0 Å². The van der Waals surface area contributed by atoms with Crippen molar-refractivity contribution in [3.05, 3.63) is 71.3 Å². The summed E-state index contributed by atoms with van der Waals surface area (Å²) in [6.45, 7) is 5.09. The van der Waals surface area contributed by atoms with Crippen molar-refractivity contribution in [2.24, 2.45) is 4.99 Å². The van der Waals surface area contributed by atoms with E-state index in [0.29, 0.717) is 5.82 Å². The molecule has 1 aliphatic heterocycles. The summed E-state index contributed by atoms with van der Waals surface area (Å²) >= 11 is 0. The van der Waals surface area contributed by atoms with Crippen LogP contribution in [0.3, 0.4) is 0 Å². The minimum absolute atomic E-state index is 0.0240. The van der Waals surface area contributed by atoms with Gasteiger partial charge in [-0.05, 0) is 38.1 Å². The number of nitrogen functional groups attached to an aromatic ring is 1. The van der Waals surface area contributed by atoms with E-state index in [1.54, 1.807) is 0 Å². The normalized spacial score (nSPS) is 15.1. The molecular weight excluding hydrogens is 320 g/mol. The molecule has 0 unspecified atom stereocenters. The summed E-state index contributed by atoms with van der Waals surface area (Å²) in [5, 5.41) is 4.45. The number of para-hydroxylation sites is 1. The van der Waals surface area contributed by atoms with Crippen molar-refractivity contribution >= 4 is 22.6 Å². The molecule has 0 bridgehead atoms. The minimum atomic E-state index is 0.0240. The van der Waals surface area contributed by atoms with E-state index in [2.05, 4.69) is 53.1 Å². The average Bonchev–Trinajstić information content (AvgIpc) is 3.00. The molecular formula is C22H20N4. The van der Waals surface area contributed by atoms with Crippen LogP contribution in [0.15, 0.2) is 59.6 Å². The number of nitrogens with zero attached hydrogens (tertiary/aromatic N) is 2. The number of nitrogens with two attached hydrogens (primary N) is 1. The Balaban J connectivity index is 1.62. The van der Waals surface area contributed by atoms with Gasteiger partial charge in [0.2, 0.25) is 0 Å². The van der Waals surface area contributed by atoms with Crippen LogP contribution in [0.4, 0.5) is 5.82 Å². The standard InChI is InChI=1S/C22H20N4/c1-22(2)14-24-21(26-22)16-10-7-15(8-11-16)9-12-17-13-20(23)25-19-6-4-3-5-18(17)19/h3-8,10-11,13H,14H2,1-2H3,(H2,23,25)(H,24,26). The lowest BCUT2D eigenvalue weighted by Gasteiger charge is -2.18. The Bertz CT molecular complexity index is 1070. The first-order valence-corrected chi connectivity index (χ1v) is 8.61. The third-order valence-electron chi connectivity index (χ3n) is 4.33. The maximum absolute atomic E-state index is 5.91. The zero-order valence-electron chi connectivity index (χ0n) is 14.9. The van der Waals surface area contributed by atoms with Gasteiger partial charge in [-0.3, -0.25) is 4.99 Å². The van der Waals surface area contributed by atoms with E-state index in [-0.39, 0.29) is 5.54 Å². The van der Waals surface area contributed by atoms with Crippen molar-refractivity contribution in [1.29, 1.82) is 0 Å². The van der Waals surface area contributed by atoms with Gasteiger partial charge < -0.3 is 11.1 Å². The SMILES string of the molecule is CC1(C)CN=C(c2ccc(C#Cc3cc(N)nc4ccccc34)cc2)N1. The van der Waals surface area contributed by atoms with Crippen LogP contribution < -0.4 is 11.1 Å². The number of fused-ring (bicyclic) bond motifs is 1. The van der Waals surface area contributed by atoms with Gasteiger partial charge in [-0.25, -0.2) is 4.98 Å². The third-order valence-corrected chi connectivity index (χ3v) is 4.33. The second-order valence-electron chi connectivity index (χ2n) is 7.11. The molecule has 1 aromatic heterocycles. The quantitative estimate of drug-likeness (QED) is 0.668. The lowest BCUT2D eigenvalue weighted by Crippen LogP contribution is -2.39. The molecule has 26 heavy (non-hydrogen) atoms. The number of hydrogen-bond donors (Lipinski definition) is 2. The van der Waals surface area contributed by atoms with Crippen LogP contribution >= 0.6 is 0 Å². The summed E-state index contributed by atoms with van der Waals surface area (Å²) in [6, 6.07) is 17.9. The smallest absolute Gasteiger partial charge is 0.128 e. The number of hydrogen-bond acceptors (Lipinski definition) is 4. The van der Waals surface area contributed by atoms with Gasteiger partial charge in [0.05, 0.1) is 17.6 Å². The Kier molecular flexibility index (Phi) is 3.85. The van der Waals surface area contributed by atoms with Gasteiger partial charge >= 0.3 is 0 Å². The molecule has 2 aromatic carbocycles. The summed E-state index contributed by atoms with van der Waals surface area (Å²) < 4.78 is 0. The van der Waals surface area contributed by atoms with Crippen LogP contribution in [-0.2, 0) is 0 Å². The third kappa shape index (κ3) is 3.25. The van der Waals surface area contributed by atoms with Gasteiger partial charge in [0.1, 0.15) is 11.7 Å². The first-order chi connectivity index (χ1) is 12.5. The van der Waals surface area contributed by atoms with Gasteiger partial charge in [-0.2, -0.15) is 0 Å². The lowest BCUT2D eigenvalue weighted by molar-refractivity contribution is 0.506. The van der Waals surface area contributed by atoms with E-state index in [9.17, 15) is 0 Å². The van der Waals surface area contributed by atoms with Crippen molar-refractivity contribution in [2.45, 2.75) is 19.4 Å². The van der Waals surface area contributed by atoms with Crippen molar-refractivity contribution < 1.29 is 0 Å². The number of aromatic nitrogens is 1. The molecule has 0 atom stereocenters. The van der Waals surface area contributed by atoms with Crippen LogP contribution in [0.5, 0.6) is 0 Å². The molecule has 0 radical (unpaired) electrons. The lowest BCUT2D eigenvalue weighted by atomic mass is 10.1. The number of aliphatic imine (C=N–C) groups is 1. The Morgan fingerprint density at radius 1 is 1.04 bits per heavy atom. The second-order valence-corrected chi connectivity index (χ2v) is 7.11. The van der Waals surface area contributed by atoms with Crippen LogP contribution in [0, 0.1) is 11.8 Å². The largest absolute Gasteiger partial charge is 0.384 e. The maximum atomic E-state index is 5.91. The number of nitrogens with one attached hydrogen (secondary N) is 1. The highest BCUT2D eigenvalue weighted by molar-refractivity contribution is 6.00. The summed E-state index contributed by atoms with van der Waals surface area (Å²) in [5.41, 5.74) is 9.71. The fourth-order valence-corrected chi connectivity index (χ4v) is 2.99. The van der Waals surface area contributed by atoms with E-state index in [1.165, 1.54) is 0 Å². The van der Waals surface area contributed by atoms with Gasteiger partial charge in [-0.15, -0.1) is 0 Å². The Hall–Kier alpha value is -3.32. The van der Waals surface area contributed by atoms with Crippen molar-refractivity contribution in [1.82, 2.24) is 10.3 Å². The number of rotatable bonds is 1. The molecule has 0 fully saturated rings. The minimum Gasteiger partial charge on any atom is -0.384 e. The van der Waals surface area contributed by atoms with Crippen LogP contribution in [0.25, 0.3) is 10.9 Å². The van der Waals surface area contributed by atoms with Gasteiger partial charge in [0.25, 0.3) is 0 Å². The molecule has 128 valence electrons. The first kappa shape index (κ1) is 16.2. The Morgan fingerprint density at radius 2 is 1.81 bits per heavy atom. The molecule has 3 N–H and O–H groups in total. The molecule has 2 heterocycles. The predicted octanol–water partition coefficient (Wildman–Crippen LogP) is 3.35. The number of anilines is 1. The summed E-state index contributed by atoms with van der Waals surface area (Å²) in [7, 11) is 0. The summed E-state index contributed by atoms with van der Waals surface area (Å²) in [4.78, 5) is 8.92. The maximum Gasteiger partial charge on any atom is 0.128 e. The highest BCUT2D eigenvalue weighted by Gasteiger charge is 2.25. The number of pyridine rings is 1. The van der Waals surface area contributed by atoms with Crippen molar-refractivity contribution in [2.75, 3.05) is 12.3 Å². The first-order valence-electron chi connectivity index (χ1n) is 8.61. The van der Waals surface area contributed by atoms with E-state index >= 15 is 0 Å². The average molecular weight is 340 g/mol. The van der Waals surface area contributed by atoms with E-state index in [4.69, 9.17) is 5.73 Å². The fraction of sp³-hybridized carbons (Fsp3) is 0.182. The monoisotopic (exact) mass is 340 g/mol. The van der Waals surface area contributed by atoms with Crippen molar-refractivity contribution in [3.8, 4) is 11.8 Å². The van der Waals surface area contributed by atoms with Gasteiger partial charge in [-0.1, -0.05) is 42.2 Å². The molecule has 4 rings (SSSR count). The molecule has 0 aliphatic carbocycles. The fourth-order valence-electron chi connectivity index (χ4n) is 2.99. The molecule has 0 saturated heterocycles. The molecule has 4 heteroatoms. The summed E-state index contributed by atoms with van der Waals surface area (Å²) in [6.07, 6.45) is 0. The number of amidine groups is 1. The van der Waals surface area contributed by atoms with Crippen LogP contribution in [0.2, 0.25) is 0 Å². The zero-order chi connectivity index (χ0) is 18.1. The highest BCUT2D eigenvalue weighted by atomic mass is 15.1. The van der Waals surface area contributed by atoms with E-state index < -0.39 is 0 Å². The Labute approximate surface area is 153 Å². The van der Waals surface area contributed by atoms with Gasteiger partial charge in [0, 0.05) is 22.1 Å². The van der Waals surface area contributed by atoms with Crippen molar-refractivity contribution in [3.63, 3.8) is 0 Å².